The van der Waals surface area contributed by atoms with Crippen molar-refractivity contribution in [2.45, 2.75) is 18.7 Å². The van der Waals surface area contributed by atoms with Gasteiger partial charge in [-0.05, 0) is 50.2 Å². The fraction of sp³-hybridized carbons (Fsp3) is 0.278. The summed E-state index contributed by atoms with van der Waals surface area (Å²) in [6, 6.07) is 13.3. The zero-order chi connectivity index (χ0) is 17.4. The van der Waals surface area contributed by atoms with E-state index in [-0.39, 0.29) is 5.91 Å². The van der Waals surface area contributed by atoms with Crippen LogP contribution >= 0.6 is 27.7 Å². The van der Waals surface area contributed by atoms with Gasteiger partial charge in [-0.3, -0.25) is 4.79 Å². The molecule has 2 aromatic carbocycles. The standard InChI is InChI=1S/C18H20BrNO3S/c1-3-22-16-10-7-14(11-17(16)23-4-2)20-18(21)12-24-15-8-5-13(19)6-9-15/h5-11H,3-4,12H2,1-2H3,(H,20,21). The molecule has 0 aliphatic heterocycles. The molecule has 0 aliphatic rings. The third kappa shape index (κ3) is 5.76. The van der Waals surface area contributed by atoms with Crippen molar-refractivity contribution in [1.29, 1.82) is 0 Å². The highest BCUT2D eigenvalue weighted by Gasteiger charge is 2.09. The van der Waals surface area contributed by atoms with E-state index >= 15 is 0 Å². The van der Waals surface area contributed by atoms with E-state index in [0.29, 0.717) is 36.2 Å². The Balaban J connectivity index is 1.95. The Hall–Kier alpha value is -1.66. The van der Waals surface area contributed by atoms with Crippen LogP contribution in [0.25, 0.3) is 0 Å². The summed E-state index contributed by atoms with van der Waals surface area (Å²) in [6.07, 6.45) is 0. The van der Waals surface area contributed by atoms with Crippen LogP contribution in [0.4, 0.5) is 5.69 Å². The molecule has 0 heterocycles. The van der Waals surface area contributed by atoms with Gasteiger partial charge in [-0.25, -0.2) is 0 Å². The highest BCUT2D eigenvalue weighted by molar-refractivity contribution is 9.10. The van der Waals surface area contributed by atoms with Crippen LogP contribution in [0.1, 0.15) is 13.8 Å². The van der Waals surface area contributed by atoms with Crippen molar-refractivity contribution in [3.8, 4) is 11.5 Å². The predicted molar refractivity (Wildman–Crippen MR) is 102 cm³/mol. The van der Waals surface area contributed by atoms with E-state index in [1.54, 1.807) is 6.07 Å². The van der Waals surface area contributed by atoms with Gasteiger partial charge in [0, 0.05) is 21.1 Å². The monoisotopic (exact) mass is 409 g/mol. The summed E-state index contributed by atoms with van der Waals surface area (Å²) in [6.45, 7) is 4.94. The molecule has 24 heavy (non-hydrogen) atoms. The molecule has 0 atom stereocenters. The number of nitrogens with one attached hydrogen (secondary N) is 1. The number of benzene rings is 2. The maximum atomic E-state index is 12.1. The average molecular weight is 410 g/mol. The Morgan fingerprint density at radius 2 is 1.71 bits per heavy atom. The molecule has 2 aromatic rings. The molecule has 6 heteroatoms. The fourth-order valence-electron chi connectivity index (χ4n) is 2.01. The predicted octanol–water partition coefficient (Wildman–Crippen LogP) is 4.98. The molecule has 0 saturated carbocycles. The van der Waals surface area contributed by atoms with Crippen LogP contribution in [0.3, 0.4) is 0 Å². The van der Waals surface area contributed by atoms with Crippen molar-refractivity contribution in [3.63, 3.8) is 0 Å². The first kappa shape index (κ1) is 18.7. The molecule has 0 bridgehead atoms. The molecule has 2 rings (SSSR count). The van der Waals surface area contributed by atoms with Crippen molar-refractivity contribution in [2.24, 2.45) is 0 Å². The molecular formula is C18H20BrNO3S. The van der Waals surface area contributed by atoms with E-state index < -0.39 is 0 Å². The average Bonchev–Trinajstić information content (AvgIpc) is 2.57. The van der Waals surface area contributed by atoms with Crippen molar-refractivity contribution in [1.82, 2.24) is 0 Å². The molecule has 1 amide bonds. The number of ether oxygens (including phenoxy) is 2. The summed E-state index contributed by atoms with van der Waals surface area (Å²) < 4.78 is 12.1. The smallest absolute Gasteiger partial charge is 0.234 e. The van der Waals surface area contributed by atoms with Crippen LogP contribution in [-0.2, 0) is 4.79 Å². The van der Waals surface area contributed by atoms with E-state index in [4.69, 9.17) is 9.47 Å². The lowest BCUT2D eigenvalue weighted by Gasteiger charge is -2.13. The van der Waals surface area contributed by atoms with Crippen LogP contribution < -0.4 is 14.8 Å². The van der Waals surface area contributed by atoms with Gasteiger partial charge in [-0.2, -0.15) is 0 Å². The first-order valence-electron chi connectivity index (χ1n) is 7.70. The third-order valence-corrected chi connectivity index (χ3v) is 4.55. The van der Waals surface area contributed by atoms with Crippen LogP contribution in [0, 0.1) is 0 Å². The van der Waals surface area contributed by atoms with Gasteiger partial charge in [0.25, 0.3) is 0 Å². The molecule has 0 aromatic heterocycles. The summed E-state index contributed by atoms with van der Waals surface area (Å²) in [5.41, 5.74) is 0.698. The van der Waals surface area contributed by atoms with Crippen molar-refractivity contribution >= 4 is 39.3 Å². The number of carbonyl (C=O) groups is 1. The number of halogens is 1. The topological polar surface area (TPSA) is 47.6 Å². The normalized spacial score (nSPS) is 10.3. The van der Waals surface area contributed by atoms with Crippen LogP contribution in [0.5, 0.6) is 11.5 Å². The SMILES string of the molecule is CCOc1ccc(NC(=O)CSc2ccc(Br)cc2)cc1OCC. The number of hydrogen-bond donors (Lipinski definition) is 1. The lowest BCUT2D eigenvalue weighted by molar-refractivity contribution is -0.113. The molecule has 0 saturated heterocycles. The number of thioether (sulfide) groups is 1. The number of rotatable bonds is 8. The second-order valence-electron chi connectivity index (χ2n) is 4.82. The zero-order valence-corrected chi connectivity index (χ0v) is 16.1. The second-order valence-corrected chi connectivity index (χ2v) is 6.78. The molecule has 128 valence electrons. The van der Waals surface area contributed by atoms with Gasteiger partial charge in [0.2, 0.25) is 5.91 Å². The summed E-state index contributed by atoms with van der Waals surface area (Å²) in [5, 5.41) is 2.89. The fourth-order valence-corrected chi connectivity index (χ4v) is 2.97. The minimum Gasteiger partial charge on any atom is -0.490 e. The van der Waals surface area contributed by atoms with Gasteiger partial charge in [0.1, 0.15) is 0 Å². The quantitative estimate of drug-likeness (QED) is 0.624. The molecule has 1 N–H and O–H groups in total. The first-order chi connectivity index (χ1) is 11.6. The maximum absolute atomic E-state index is 12.1. The summed E-state index contributed by atoms with van der Waals surface area (Å²) in [4.78, 5) is 13.2. The Kier molecular flexibility index (Phi) is 7.46. The number of hydrogen-bond acceptors (Lipinski definition) is 4. The number of carbonyl (C=O) groups excluding carboxylic acids is 1. The Morgan fingerprint density at radius 3 is 2.38 bits per heavy atom. The van der Waals surface area contributed by atoms with Crippen LogP contribution in [0.2, 0.25) is 0 Å². The molecular weight excluding hydrogens is 390 g/mol. The largest absolute Gasteiger partial charge is 0.490 e. The third-order valence-electron chi connectivity index (χ3n) is 3.01. The molecule has 0 unspecified atom stereocenters. The first-order valence-corrected chi connectivity index (χ1v) is 9.48. The Labute approximate surface area is 155 Å². The maximum Gasteiger partial charge on any atom is 0.234 e. The van der Waals surface area contributed by atoms with E-state index in [9.17, 15) is 4.79 Å². The summed E-state index contributed by atoms with van der Waals surface area (Å²) >= 11 is 4.89. The van der Waals surface area contributed by atoms with Gasteiger partial charge in [-0.1, -0.05) is 15.9 Å². The van der Waals surface area contributed by atoms with E-state index in [1.807, 2.05) is 50.2 Å². The Morgan fingerprint density at radius 1 is 1.04 bits per heavy atom. The second kappa shape index (κ2) is 9.59. The van der Waals surface area contributed by atoms with Gasteiger partial charge >= 0.3 is 0 Å². The van der Waals surface area contributed by atoms with Crippen molar-refractivity contribution in [2.75, 3.05) is 24.3 Å². The van der Waals surface area contributed by atoms with Crippen molar-refractivity contribution < 1.29 is 14.3 Å². The zero-order valence-electron chi connectivity index (χ0n) is 13.7. The minimum absolute atomic E-state index is 0.0606. The molecule has 0 spiro atoms. The van der Waals surface area contributed by atoms with E-state index in [2.05, 4.69) is 21.2 Å². The highest BCUT2D eigenvalue weighted by atomic mass is 79.9. The Bertz CT molecular complexity index is 676. The van der Waals surface area contributed by atoms with Crippen LogP contribution in [0.15, 0.2) is 51.8 Å². The van der Waals surface area contributed by atoms with E-state index in [0.717, 1.165) is 9.37 Å². The number of anilines is 1. The summed E-state index contributed by atoms with van der Waals surface area (Å²) in [7, 11) is 0. The molecule has 0 fully saturated rings. The lowest BCUT2D eigenvalue weighted by atomic mass is 10.2. The van der Waals surface area contributed by atoms with Gasteiger partial charge in [0.05, 0.1) is 19.0 Å². The van der Waals surface area contributed by atoms with Gasteiger partial charge in [0.15, 0.2) is 11.5 Å². The summed E-state index contributed by atoms with van der Waals surface area (Å²) in [5.74, 6) is 1.60. The number of amides is 1. The van der Waals surface area contributed by atoms with Crippen LogP contribution in [-0.4, -0.2) is 24.9 Å². The van der Waals surface area contributed by atoms with E-state index in [1.165, 1.54) is 11.8 Å². The molecule has 0 aliphatic carbocycles. The highest BCUT2D eigenvalue weighted by Crippen LogP contribution is 2.30. The molecule has 0 radical (unpaired) electrons. The lowest BCUT2D eigenvalue weighted by Crippen LogP contribution is -2.14. The van der Waals surface area contributed by atoms with Gasteiger partial charge in [-0.15, -0.1) is 11.8 Å². The van der Waals surface area contributed by atoms with Crippen molar-refractivity contribution in [3.05, 3.63) is 46.9 Å². The van der Waals surface area contributed by atoms with Gasteiger partial charge < -0.3 is 14.8 Å². The minimum atomic E-state index is -0.0606. The molecule has 4 nitrogen and oxygen atoms in total.